The van der Waals surface area contributed by atoms with Gasteiger partial charge in [-0.2, -0.15) is 0 Å². The smallest absolute Gasteiger partial charge is 0.261 e. The number of carbonyl (C=O) groups is 1. The summed E-state index contributed by atoms with van der Waals surface area (Å²) >= 11 is 0. The summed E-state index contributed by atoms with van der Waals surface area (Å²) < 4.78 is 13.4. The van der Waals surface area contributed by atoms with Gasteiger partial charge in [-0.05, 0) is 49.6 Å². The molecule has 1 amide bonds. The lowest BCUT2D eigenvalue weighted by atomic mass is 10.0. The van der Waals surface area contributed by atoms with Gasteiger partial charge < -0.3 is 23.9 Å². The summed E-state index contributed by atoms with van der Waals surface area (Å²) in [4.78, 5) is 23.3. The number of H-pyrrole nitrogens is 1. The SMILES string of the molecule is COCCn1ccc2c(OCC(=O)N3CCCCC3c3nc4ccccc4[nH]3)cccc21. The number of imidazole rings is 1. The van der Waals surface area contributed by atoms with Crippen molar-refractivity contribution < 1.29 is 14.3 Å². The number of aromatic amines is 1. The minimum atomic E-state index is -0.0434. The summed E-state index contributed by atoms with van der Waals surface area (Å²) in [7, 11) is 1.70. The number of methoxy groups -OCH3 is 1. The molecule has 2 aromatic carbocycles. The van der Waals surface area contributed by atoms with Crippen molar-refractivity contribution in [1.29, 1.82) is 0 Å². The van der Waals surface area contributed by atoms with E-state index in [9.17, 15) is 4.79 Å². The van der Waals surface area contributed by atoms with Gasteiger partial charge in [0, 0.05) is 31.8 Å². The Morgan fingerprint density at radius 1 is 1.16 bits per heavy atom. The average Bonchev–Trinajstić information content (AvgIpc) is 3.45. The Balaban J connectivity index is 1.32. The zero-order valence-electron chi connectivity index (χ0n) is 18.3. The van der Waals surface area contributed by atoms with Crippen LogP contribution in [-0.2, 0) is 16.1 Å². The maximum absolute atomic E-state index is 13.2. The van der Waals surface area contributed by atoms with Gasteiger partial charge >= 0.3 is 0 Å². The number of nitrogens with one attached hydrogen (secondary N) is 1. The van der Waals surface area contributed by atoms with Crippen LogP contribution in [0.1, 0.15) is 31.1 Å². The number of piperidine rings is 1. The van der Waals surface area contributed by atoms with Gasteiger partial charge in [0.25, 0.3) is 5.91 Å². The highest BCUT2D eigenvalue weighted by Gasteiger charge is 2.30. The molecule has 1 atom stereocenters. The molecule has 0 radical (unpaired) electrons. The second-order valence-corrected chi connectivity index (χ2v) is 8.22. The van der Waals surface area contributed by atoms with Gasteiger partial charge in [0.05, 0.1) is 29.2 Å². The van der Waals surface area contributed by atoms with Gasteiger partial charge in [0.2, 0.25) is 0 Å². The number of carbonyl (C=O) groups excluding carboxylic acids is 1. The normalized spacial score (nSPS) is 16.7. The molecule has 0 bridgehead atoms. The molecule has 1 N–H and O–H groups in total. The van der Waals surface area contributed by atoms with Crippen LogP contribution in [0.15, 0.2) is 54.7 Å². The average molecular weight is 433 g/mol. The molecule has 3 heterocycles. The lowest BCUT2D eigenvalue weighted by Gasteiger charge is -2.34. The highest BCUT2D eigenvalue weighted by molar-refractivity contribution is 5.87. The largest absolute Gasteiger partial charge is 0.483 e. The van der Waals surface area contributed by atoms with Crippen molar-refractivity contribution in [3.63, 3.8) is 0 Å². The van der Waals surface area contributed by atoms with Crippen molar-refractivity contribution in [3.05, 3.63) is 60.6 Å². The zero-order chi connectivity index (χ0) is 21.9. The molecule has 1 saturated heterocycles. The number of likely N-dealkylation sites (tertiary alicyclic amines) is 1. The number of fused-ring (bicyclic) bond motifs is 2. The standard InChI is InChI=1S/C25H28N4O3/c1-31-16-15-28-14-12-18-21(28)10-6-11-23(18)32-17-24(30)29-13-5-4-9-22(29)25-26-19-7-2-3-8-20(19)27-25/h2-3,6-8,10-12,14,22H,4-5,9,13,15-17H2,1H3,(H,26,27). The van der Waals surface area contributed by atoms with Gasteiger partial charge in [-0.3, -0.25) is 4.79 Å². The first-order valence-electron chi connectivity index (χ1n) is 11.2. The number of amides is 1. The molecule has 7 nitrogen and oxygen atoms in total. The summed E-state index contributed by atoms with van der Waals surface area (Å²) in [6, 6.07) is 15.9. The molecule has 0 aliphatic carbocycles. The minimum absolute atomic E-state index is 0.00836. The van der Waals surface area contributed by atoms with Crippen molar-refractivity contribution in [2.24, 2.45) is 0 Å². The van der Waals surface area contributed by atoms with E-state index in [1.807, 2.05) is 53.6 Å². The van der Waals surface area contributed by atoms with E-state index < -0.39 is 0 Å². The van der Waals surface area contributed by atoms with Crippen LogP contribution in [0.3, 0.4) is 0 Å². The number of benzene rings is 2. The van der Waals surface area contributed by atoms with Crippen molar-refractivity contribution in [3.8, 4) is 5.75 Å². The maximum atomic E-state index is 13.2. The number of para-hydroxylation sites is 2. The van der Waals surface area contributed by atoms with Crippen LogP contribution in [0.2, 0.25) is 0 Å². The maximum Gasteiger partial charge on any atom is 0.261 e. The second kappa shape index (κ2) is 9.04. The fraction of sp³-hybridized carbons (Fsp3) is 0.360. The Hall–Kier alpha value is -3.32. The van der Waals surface area contributed by atoms with Crippen LogP contribution in [0.25, 0.3) is 21.9 Å². The van der Waals surface area contributed by atoms with Crippen LogP contribution in [-0.4, -0.2) is 52.2 Å². The number of hydrogen-bond donors (Lipinski definition) is 1. The van der Waals surface area contributed by atoms with Gasteiger partial charge in [-0.25, -0.2) is 4.98 Å². The molecule has 1 fully saturated rings. The van der Waals surface area contributed by atoms with Crippen LogP contribution in [0.4, 0.5) is 0 Å². The highest BCUT2D eigenvalue weighted by Crippen LogP contribution is 2.31. The predicted octanol–water partition coefficient (Wildman–Crippen LogP) is 4.30. The molecule has 7 heteroatoms. The van der Waals surface area contributed by atoms with Crippen LogP contribution in [0, 0.1) is 0 Å². The van der Waals surface area contributed by atoms with Crippen LogP contribution < -0.4 is 4.74 Å². The third-order valence-corrected chi connectivity index (χ3v) is 6.21. The van der Waals surface area contributed by atoms with Gasteiger partial charge in [0.1, 0.15) is 11.6 Å². The molecule has 1 aliphatic heterocycles. The van der Waals surface area contributed by atoms with Gasteiger partial charge in [-0.1, -0.05) is 18.2 Å². The Bertz CT molecular complexity index is 1200. The Morgan fingerprint density at radius 2 is 2.06 bits per heavy atom. The second-order valence-electron chi connectivity index (χ2n) is 8.22. The van der Waals surface area contributed by atoms with E-state index in [2.05, 4.69) is 15.6 Å². The Labute approximate surface area is 186 Å². The summed E-state index contributed by atoms with van der Waals surface area (Å²) in [6.07, 6.45) is 5.02. The first-order valence-corrected chi connectivity index (χ1v) is 11.2. The lowest BCUT2D eigenvalue weighted by molar-refractivity contribution is -0.137. The van der Waals surface area contributed by atoms with E-state index in [0.717, 1.165) is 65.9 Å². The molecule has 5 rings (SSSR count). The fourth-order valence-electron chi connectivity index (χ4n) is 4.57. The molecular formula is C25H28N4O3. The molecule has 166 valence electrons. The molecule has 32 heavy (non-hydrogen) atoms. The fourth-order valence-corrected chi connectivity index (χ4v) is 4.57. The quantitative estimate of drug-likeness (QED) is 0.473. The number of rotatable bonds is 7. The zero-order valence-corrected chi connectivity index (χ0v) is 18.3. The predicted molar refractivity (Wildman–Crippen MR) is 124 cm³/mol. The summed E-state index contributed by atoms with van der Waals surface area (Å²) in [5.74, 6) is 1.58. The van der Waals surface area contributed by atoms with Gasteiger partial charge in [0.15, 0.2) is 6.61 Å². The van der Waals surface area contributed by atoms with Crippen molar-refractivity contribution in [2.45, 2.75) is 31.8 Å². The number of nitrogens with zero attached hydrogens (tertiary/aromatic N) is 3. The molecule has 0 spiro atoms. The van der Waals surface area contributed by atoms with Crippen LogP contribution >= 0.6 is 0 Å². The van der Waals surface area contributed by atoms with Crippen molar-refractivity contribution in [1.82, 2.24) is 19.4 Å². The topological polar surface area (TPSA) is 72.4 Å². The number of hydrogen-bond acceptors (Lipinski definition) is 4. The third kappa shape index (κ3) is 3.96. The van der Waals surface area contributed by atoms with Crippen LogP contribution in [0.5, 0.6) is 5.75 Å². The summed E-state index contributed by atoms with van der Waals surface area (Å²) in [6.45, 7) is 2.15. The third-order valence-electron chi connectivity index (χ3n) is 6.21. The first-order chi connectivity index (χ1) is 15.7. The van der Waals surface area contributed by atoms with E-state index in [1.54, 1.807) is 7.11 Å². The van der Waals surface area contributed by atoms with E-state index >= 15 is 0 Å². The van der Waals surface area contributed by atoms with Gasteiger partial charge in [-0.15, -0.1) is 0 Å². The van der Waals surface area contributed by atoms with E-state index in [-0.39, 0.29) is 18.6 Å². The Morgan fingerprint density at radius 3 is 2.94 bits per heavy atom. The Kier molecular flexibility index (Phi) is 5.81. The van der Waals surface area contributed by atoms with Crippen molar-refractivity contribution >= 4 is 27.8 Å². The van der Waals surface area contributed by atoms with E-state index in [4.69, 9.17) is 14.5 Å². The van der Waals surface area contributed by atoms with E-state index in [1.165, 1.54) is 0 Å². The monoisotopic (exact) mass is 432 g/mol. The van der Waals surface area contributed by atoms with E-state index in [0.29, 0.717) is 6.61 Å². The molecule has 4 aromatic rings. The summed E-state index contributed by atoms with van der Waals surface area (Å²) in [5, 5.41) is 1.00. The first kappa shape index (κ1) is 20.6. The number of ether oxygens (including phenoxy) is 2. The molecular weight excluding hydrogens is 404 g/mol. The minimum Gasteiger partial charge on any atom is -0.483 e. The molecule has 1 unspecified atom stereocenters. The number of aromatic nitrogens is 3. The molecule has 2 aromatic heterocycles. The molecule has 0 saturated carbocycles. The lowest BCUT2D eigenvalue weighted by Crippen LogP contribution is -2.41. The summed E-state index contributed by atoms with van der Waals surface area (Å²) in [5.41, 5.74) is 3.01. The van der Waals surface area contributed by atoms with Crippen molar-refractivity contribution in [2.75, 3.05) is 26.9 Å². The highest BCUT2D eigenvalue weighted by atomic mass is 16.5. The molecule has 1 aliphatic rings.